The number of nitrogens with one attached hydrogen (secondary N) is 2. The van der Waals surface area contributed by atoms with Gasteiger partial charge in [0.05, 0.1) is 6.54 Å². The molecular weight excluding hydrogens is 344 g/mol. The number of amides is 1. The molecule has 4 rings (SSSR count). The number of H-pyrrole nitrogens is 1. The van der Waals surface area contributed by atoms with Crippen LogP contribution < -0.4 is 14.8 Å². The lowest BCUT2D eigenvalue weighted by atomic mass is 9.75. The van der Waals surface area contributed by atoms with Crippen LogP contribution in [0.5, 0.6) is 11.5 Å². The van der Waals surface area contributed by atoms with Crippen LogP contribution in [0.1, 0.15) is 52.4 Å². The third kappa shape index (κ3) is 3.31. The van der Waals surface area contributed by atoms with Gasteiger partial charge >= 0.3 is 0 Å². The Morgan fingerprint density at radius 1 is 1.26 bits per heavy atom. The van der Waals surface area contributed by atoms with Crippen LogP contribution in [0.4, 0.5) is 0 Å². The second-order valence-corrected chi connectivity index (χ2v) is 8.13. The zero-order valence-corrected chi connectivity index (χ0v) is 15.8. The summed E-state index contributed by atoms with van der Waals surface area (Å²) in [6.45, 7) is 6.68. The molecule has 1 aliphatic carbocycles. The molecule has 6 heteroatoms. The molecule has 0 saturated carbocycles. The number of carbonyl (C=O) groups excluding carboxylic acids is 2. The molecule has 1 amide bonds. The van der Waals surface area contributed by atoms with Gasteiger partial charge in [-0.05, 0) is 36.5 Å². The molecule has 0 unspecified atom stereocenters. The number of para-hydroxylation sites is 2. The van der Waals surface area contributed by atoms with Crippen molar-refractivity contribution in [2.45, 2.75) is 39.7 Å². The average Bonchev–Trinajstić information content (AvgIpc) is 2.94. The van der Waals surface area contributed by atoms with Crippen LogP contribution in [0.2, 0.25) is 0 Å². The van der Waals surface area contributed by atoms with Crippen molar-refractivity contribution in [2.24, 2.45) is 5.41 Å². The topological polar surface area (TPSA) is 80.4 Å². The van der Waals surface area contributed by atoms with Crippen LogP contribution in [0, 0.1) is 12.3 Å². The first-order chi connectivity index (χ1) is 12.8. The molecule has 0 saturated heterocycles. The standard InChI is InChI=1S/C21H24N2O4/c1-12-18-14(8-21(2,3)9-15(18)24)23-19(12)20(25)22-10-13-11-26-16-6-4-5-7-17(16)27-13/h4-7,13,23H,8-11H2,1-3H3,(H,22,25)/t13-/m1/s1. The van der Waals surface area contributed by atoms with Gasteiger partial charge < -0.3 is 19.8 Å². The number of hydrogen-bond donors (Lipinski definition) is 2. The fourth-order valence-electron chi connectivity index (χ4n) is 3.92. The summed E-state index contributed by atoms with van der Waals surface area (Å²) in [4.78, 5) is 28.4. The molecule has 2 aromatic rings. The minimum absolute atomic E-state index is 0.0875. The van der Waals surface area contributed by atoms with Gasteiger partial charge in [-0.2, -0.15) is 0 Å². The zero-order valence-electron chi connectivity index (χ0n) is 15.8. The predicted octanol–water partition coefficient (Wildman–Crippen LogP) is 3.05. The van der Waals surface area contributed by atoms with Crippen molar-refractivity contribution >= 4 is 11.7 Å². The summed E-state index contributed by atoms with van der Waals surface area (Å²) in [5, 5.41) is 2.90. The molecule has 2 aliphatic rings. The van der Waals surface area contributed by atoms with Crippen LogP contribution in [0.3, 0.4) is 0 Å². The minimum Gasteiger partial charge on any atom is -0.486 e. The second-order valence-electron chi connectivity index (χ2n) is 8.13. The van der Waals surface area contributed by atoms with Gasteiger partial charge in [-0.15, -0.1) is 0 Å². The fourth-order valence-corrected chi connectivity index (χ4v) is 3.92. The summed E-state index contributed by atoms with van der Waals surface area (Å²) in [7, 11) is 0. The highest BCUT2D eigenvalue weighted by atomic mass is 16.6. The lowest BCUT2D eigenvalue weighted by Crippen LogP contribution is -2.41. The normalized spacial score (nSPS) is 20.1. The van der Waals surface area contributed by atoms with Crippen molar-refractivity contribution in [1.29, 1.82) is 0 Å². The monoisotopic (exact) mass is 368 g/mol. The highest BCUT2D eigenvalue weighted by molar-refractivity contribution is 6.04. The number of fused-ring (bicyclic) bond motifs is 2. The van der Waals surface area contributed by atoms with E-state index in [0.29, 0.717) is 42.3 Å². The van der Waals surface area contributed by atoms with E-state index in [2.05, 4.69) is 24.1 Å². The molecule has 0 fully saturated rings. The first-order valence-electron chi connectivity index (χ1n) is 9.25. The van der Waals surface area contributed by atoms with Crippen molar-refractivity contribution in [2.75, 3.05) is 13.2 Å². The Morgan fingerprint density at radius 3 is 2.78 bits per heavy atom. The summed E-state index contributed by atoms with van der Waals surface area (Å²) in [6.07, 6.45) is 1.01. The molecule has 1 aromatic carbocycles. The molecule has 142 valence electrons. The summed E-state index contributed by atoms with van der Waals surface area (Å²) in [5.41, 5.74) is 2.66. The first kappa shape index (κ1) is 17.6. The number of hydrogen-bond acceptors (Lipinski definition) is 4. The summed E-state index contributed by atoms with van der Waals surface area (Å²) < 4.78 is 11.5. The molecule has 0 radical (unpaired) electrons. The highest BCUT2D eigenvalue weighted by Crippen LogP contribution is 2.36. The SMILES string of the molecule is Cc1c(C(=O)NC[C@@H]2COc3ccccc3O2)[nH]c2c1C(=O)CC(C)(C)C2. The van der Waals surface area contributed by atoms with Gasteiger partial charge in [-0.3, -0.25) is 9.59 Å². The van der Waals surface area contributed by atoms with E-state index in [0.717, 1.165) is 17.7 Å². The second kappa shape index (κ2) is 6.44. The molecule has 6 nitrogen and oxygen atoms in total. The van der Waals surface area contributed by atoms with Crippen molar-refractivity contribution in [1.82, 2.24) is 10.3 Å². The maximum Gasteiger partial charge on any atom is 0.268 e. The van der Waals surface area contributed by atoms with Crippen molar-refractivity contribution in [3.8, 4) is 11.5 Å². The highest BCUT2D eigenvalue weighted by Gasteiger charge is 2.35. The van der Waals surface area contributed by atoms with E-state index in [9.17, 15) is 9.59 Å². The van der Waals surface area contributed by atoms with Crippen LogP contribution in [0.25, 0.3) is 0 Å². The fraction of sp³-hybridized carbons (Fsp3) is 0.429. The van der Waals surface area contributed by atoms with Crippen LogP contribution in [-0.2, 0) is 6.42 Å². The zero-order chi connectivity index (χ0) is 19.2. The molecule has 1 aliphatic heterocycles. The van der Waals surface area contributed by atoms with E-state index in [-0.39, 0.29) is 23.2 Å². The Morgan fingerprint density at radius 2 is 2.00 bits per heavy atom. The lowest BCUT2D eigenvalue weighted by molar-refractivity contribution is 0.0786. The smallest absolute Gasteiger partial charge is 0.268 e. The van der Waals surface area contributed by atoms with Gasteiger partial charge in [0.25, 0.3) is 5.91 Å². The van der Waals surface area contributed by atoms with E-state index >= 15 is 0 Å². The number of Topliss-reactive ketones (excluding diaryl/α,β-unsaturated/α-hetero) is 1. The maximum atomic E-state index is 12.7. The number of aromatic nitrogens is 1. The third-order valence-corrected chi connectivity index (χ3v) is 5.19. The van der Waals surface area contributed by atoms with Crippen LogP contribution >= 0.6 is 0 Å². The number of rotatable bonds is 3. The average molecular weight is 368 g/mol. The number of ether oxygens (including phenoxy) is 2. The third-order valence-electron chi connectivity index (χ3n) is 5.19. The Hall–Kier alpha value is -2.76. The Labute approximate surface area is 158 Å². The van der Waals surface area contributed by atoms with E-state index in [4.69, 9.17) is 9.47 Å². The molecule has 0 spiro atoms. The number of aromatic amines is 1. The Bertz CT molecular complexity index is 913. The molecule has 2 N–H and O–H groups in total. The van der Waals surface area contributed by atoms with E-state index in [1.807, 2.05) is 31.2 Å². The summed E-state index contributed by atoms with van der Waals surface area (Å²) >= 11 is 0. The number of ketones is 1. The largest absolute Gasteiger partial charge is 0.486 e. The van der Waals surface area contributed by atoms with E-state index in [1.54, 1.807) is 0 Å². The predicted molar refractivity (Wildman–Crippen MR) is 101 cm³/mol. The van der Waals surface area contributed by atoms with E-state index in [1.165, 1.54) is 0 Å². The molecular formula is C21H24N2O4. The van der Waals surface area contributed by atoms with Crippen molar-refractivity contribution < 1.29 is 19.1 Å². The minimum atomic E-state index is -0.255. The Balaban J connectivity index is 1.45. The molecule has 27 heavy (non-hydrogen) atoms. The van der Waals surface area contributed by atoms with Crippen LogP contribution in [0.15, 0.2) is 24.3 Å². The van der Waals surface area contributed by atoms with Gasteiger partial charge in [0.2, 0.25) is 0 Å². The van der Waals surface area contributed by atoms with E-state index < -0.39 is 0 Å². The van der Waals surface area contributed by atoms with Gasteiger partial charge in [0.1, 0.15) is 18.4 Å². The number of carbonyl (C=O) groups is 2. The summed E-state index contributed by atoms with van der Waals surface area (Å²) in [6, 6.07) is 7.48. The van der Waals surface area contributed by atoms with Crippen molar-refractivity contribution in [3.63, 3.8) is 0 Å². The first-order valence-corrected chi connectivity index (χ1v) is 9.25. The lowest BCUT2D eigenvalue weighted by Gasteiger charge is -2.28. The number of benzene rings is 1. The molecule has 2 heterocycles. The van der Waals surface area contributed by atoms with Gasteiger partial charge in [0.15, 0.2) is 17.3 Å². The van der Waals surface area contributed by atoms with Crippen molar-refractivity contribution in [3.05, 3.63) is 46.8 Å². The van der Waals surface area contributed by atoms with Gasteiger partial charge in [-0.25, -0.2) is 0 Å². The van der Waals surface area contributed by atoms with Crippen LogP contribution in [-0.4, -0.2) is 35.9 Å². The maximum absolute atomic E-state index is 12.7. The Kier molecular flexibility index (Phi) is 4.21. The quantitative estimate of drug-likeness (QED) is 0.873. The van der Waals surface area contributed by atoms with Gasteiger partial charge in [-0.1, -0.05) is 26.0 Å². The molecule has 0 bridgehead atoms. The summed E-state index contributed by atoms with van der Waals surface area (Å²) in [5.74, 6) is 1.28. The molecule has 1 aromatic heterocycles. The molecule has 1 atom stereocenters. The van der Waals surface area contributed by atoms with Gasteiger partial charge in [0, 0.05) is 17.7 Å².